The average Bonchev–Trinajstić information content (AvgIpc) is 3.09. The molecular weight excluding hydrogens is 345 g/mol. The average molecular weight is 367 g/mol. The van der Waals surface area contributed by atoms with Crippen LogP contribution in [0.5, 0.6) is 0 Å². The van der Waals surface area contributed by atoms with Crippen LogP contribution in [0.1, 0.15) is 21.7 Å². The Morgan fingerprint density at radius 3 is 2.59 bits per heavy atom. The van der Waals surface area contributed by atoms with Crippen molar-refractivity contribution in [3.05, 3.63) is 83.4 Å². The summed E-state index contributed by atoms with van der Waals surface area (Å²) >= 11 is 0. The Morgan fingerprint density at radius 2 is 1.89 bits per heavy atom. The van der Waals surface area contributed by atoms with Gasteiger partial charge in [-0.25, -0.2) is 9.07 Å². The normalized spacial score (nSPS) is 12.0. The molecule has 140 valence electrons. The number of aryl methyl sites for hydroxylation is 1. The second-order valence-electron chi connectivity index (χ2n) is 6.47. The van der Waals surface area contributed by atoms with Gasteiger partial charge in [-0.05, 0) is 43.2 Å². The number of aromatic nitrogens is 2. The molecule has 0 aliphatic carbocycles. The Balaban J connectivity index is 1.64. The summed E-state index contributed by atoms with van der Waals surface area (Å²) in [7, 11) is 0. The van der Waals surface area contributed by atoms with E-state index in [1.54, 1.807) is 28.9 Å². The van der Waals surface area contributed by atoms with Gasteiger partial charge in [-0.15, -0.1) is 0 Å². The smallest absolute Gasteiger partial charge is 0.271 e. The maximum absolute atomic E-state index is 13.8. The molecule has 1 atom stereocenters. The second kappa shape index (κ2) is 8.60. The van der Waals surface area contributed by atoms with Gasteiger partial charge in [0.1, 0.15) is 5.82 Å². The van der Waals surface area contributed by atoms with Gasteiger partial charge in [-0.2, -0.15) is 5.10 Å². The van der Waals surface area contributed by atoms with Crippen molar-refractivity contribution in [3.63, 3.8) is 0 Å². The number of hydrogen-bond acceptors (Lipinski definition) is 3. The van der Waals surface area contributed by atoms with Crippen molar-refractivity contribution < 1.29 is 14.3 Å². The van der Waals surface area contributed by atoms with Crippen LogP contribution in [0.25, 0.3) is 5.69 Å². The fourth-order valence-electron chi connectivity index (χ4n) is 2.92. The molecule has 3 rings (SSSR count). The summed E-state index contributed by atoms with van der Waals surface area (Å²) in [5.74, 6) is -0.901. The summed E-state index contributed by atoms with van der Waals surface area (Å²) in [6.45, 7) is 1.97. The zero-order chi connectivity index (χ0) is 19.2. The number of carbonyl (C=O) groups is 1. The van der Waals surface area contributed by atoms with Crippen LogP contribution < -0.4 is 5.32 Å². The molecule has 0 bridgehead atoms. The first-order valence-electron chi connectivity index (χ1n) is 8.83. The SMILES string of the molecule is Cc1cc(C(=O)NC[C@H](CO)Cc2ccccc2F)nn1-c1ccccc1. The Kier molecular flexibility index (Phi) is 5.98. The predicted octanol–water partition coefficient (Wildman–Crippen LogP) is 2.90. The standard InChI is InChI=1S/C21H22FN3O2/c1-15-11-20(24-25(15)18-8-3-2-4-9-18)21(27)23-13-16(14-26)12-17-7-5-6-10-19(17)22/h2-11,16,26H,12-14H2,1H3,(H,23,27)/t16-/m1/s1. The number of nitrogens with one attached hydrogen (secondary N) is 1. The van der Waals surface area contributed by atoms with E-state index in [0.29, 0.717) is 17.7 Å². The first-order chi connectivity index (χ1) is 13.1. The lowest BCUT2D eigenvalue weighted by Gasteiger charge is -2.15. The predicted molar refractivity (Wildman–Crippen MR) is 101 cm³/mol. The molecule has 0 saturated carbocycles. The number of carbonyl (C=O) groups excluding carboxylic acids is 1. The van der Waals surface area contributed by atoms with E-state index in [1.165, 1.54) is 6.07 Å². The number of rotatable bonds is 7. The van der Waals surface area contributed by atoms with E-state index in [9.17, 15) is 14.3 Å². The highest BCUT2D eigenvalue weighted by Crippen LogP contribution is 2.14. The van der Waals surface area contributed by atoms with Crippen LogP contribution in [-0.4, -0.2) is 33.9 Å². The van der Waals surface area contributed by atoms with Crippen LogP contribution in [-0.2, 0) is 6.42 Å². The van der Waals surface area contributed by atoms with E-state index < -0.39 is 0 Å². The summed E-state index contributed by atoms with van der Waals surface area (Å²) in [4.78, 5) is 12.4. The molecule has 1 amide bonds. The topological polar surface area (TPSA) is 67.2 Å². The Labute approximate surface area is 157 Å². The van der Waals surface area contributed by atoms with Crippen molar-refractivity contribution in [2.24, 2.45) is 5.92 Å². The van der Waals surface area contributed by atoms with Gasteiger partial charge < -0.3 is 10.4 Å². The van der Waals surface area contributed by atoms with Crippen LogP contribution >= 0.6 is 0 Å². The molecule has 0 radical (unpaired) electrons. The molecule has 0 unspecified atom stereocenters. The third kappa shape index (κ3) is 4.60. The molecule has 2 N–H and O–H groups in total. The van der Waals surface area contributed by atoms with Gasteiger partial charge >= 0.3 is 0 Å². The molecule has 1 aromatic heterocycles. The van der Waals surface area contributed by atoms with Crippen molar-refractivity contribution in [2.75, 3.05) is 13.2 Å². The maximum Gasteiger partial charge on any atom is 0.271 e. The minimum Gasteiger partial charge on any atom is -0.396 e. The Bertz CT molecular complexity index is 909. The molecule has 5 nitrogen and oxygen atoms in total. The van der Waals surface area contributed by atoms with E-state index in [2.05, 4.69) is 10.4 Å². The van der Waals surface area contributed by atoms with Gasteiger partial charge in [0.15, 0.2) is 5.69 Å². The number of amides is 1. The maximum atomic E-state index is 13.8. The number of aliphatic hydroxyl groups excluding tert-OH is 1. The number of para-hydroxylation sites is 1. The highest BCUT2D eigenvalue weighted by atomic mass is 19.1. The molecule has 2 aromatic carbocycles. The van der Waals surface area contributed by atoms with Gasteiger partial charge in [-0.1, -0.05) is 36.4 Å². The zero-order valence-electron chi connectivity index (χ0n) is 15.1. The van der Waals surface area contributed by atoms with Crippen molar-refractivity contribution in [2.45, 2.75) is 13.3 Å². The Hall–Kier alpha value is -2.99. The molecule has 0 aliphatic rings. The molecule has 6 heteroatoms. The van der Waals surface area contributed by atoms with Gasteiger partial charge in [0.25, 0.3) is 5.91 Å². The summed E-state index contributed by atoms with van der Waals surface area (Å²) < 4.78 is 15.5. The fraction of sp³-hybridized carbons (Fsp3) is 0.238. The number of aliphatic hydroxyl groups is 1. The first-order valence-corrected chi connectivity index (χ1v) is 8.83. The quantitative estimate of drug-likeness (QED) is 0.675. The molecule has 27 heavy (non-hydrogen) atoms. The zero-order valence-corrected chi connectivity index (χ0v) is 15.1. The molecule has 3 aromatic rings. The van der Waals surface area contributed by atoms with Gasteiger partial charge in [0, 0.05) is 24.8 Å². The largest absolute Gasteiger partial charge is 0.396 e. The van der Waals surface area contributed by atoms with Gasteiger partial charge in [0.05, 0.1) is 5.69 Å². The molecule has 0 aliphatic heterocycles. The summed E-state index contributed by atoms with van der Waals surface area (Å²) in [5, 5.41) is 16.7. The van der Waals surface area contributed by atoms with E-state index in [-0.39, 0.29) is 30.8 Å². The summed E-state index contributed by atoms with van der Waals surface area (Å²) in [6.07, 6.45) is 0.348. The first kappa shape index (κ1) is 18.8. The van der Waals surface area contributed by atoms with Crippen LogP contribution in [0.4, 0.5) is 4.39 Å². The molecule has 0 spiro atoms. The summed E-state index contributed by atoms with van der Waals surface area (Å²) in [6, 6.07) is 17.7. The molecular formula is C21H22FN3O2. The lowest BCUT2D eigenvalue weighted by Crippen LogP contribution is -2.32. The van der Waals surface area contributed by atoms with Crippen molar-refractivity contribution in [3.8, 4) is 5.69 Å². The van der Waals surface area contributed by atoms with Gasteiger partial charge in [0.2, 0.25) is 0 Å². The van der Waals surface area contributed by atoms with E-state index in [4.69, 9.17) is 0 Å². The number of benzene rings is 2. The third-order valence-electron chi connectivity index (χ3n) is 4.40. The van der Waals surface area contributed by atoms with Gasteiger partial charge in [-0.3, -0.25) is 4.79 Å². The van der Waals surface area contributed by atoms with Crippen molar-refractivity contribution in [1.82, 2.24) is 15.1 Å². The van der Waals surface area contributed by atoms with E-state index in [0.717, 1.165) is 11.4 Å². The van der Waals surface area contributed by atoms with Crippen LogP contribution in [0.15, 0.2) is 60.7 Å². The number of hydrogen-bond donors (Lipinski definition) is 2. The second-order valence-corrected chi connectivity index (χ2v) is 6.47. The number of nitrogens with zero attached hydrogens (tertiary/aromatic N) is 2. The molecule has 0 fully saturated rings. The van der Waals surface area contributed by atoms with E-state index >= 15 is 0 Å². The summed E-state index contributed by atoms with van der Waals surface area (Å²) in [5.41, 5.74) is 2.55. The van der Waals surface area contributed by atoms with Crippen LogP contribution in [0, 0.1) is 18.7 Å². The fourth-order valence-corrected chi connectivity index (χ4v) is 2.92. The van der Waals surface area contributed by atoms with Crippen molar-refractivity contribution >= 4 is 5.91 Å². The Morgan fingerprint density at radius 1 is 1.19 bits per heavy atom. The minimum atomic E-state index is -0.320. The molecule has 1 heterocycles. The number of halogens is 1. The van der Waals surface area contributed by atoms with Crippen LogP contribution in [0.3, 0.4) is 0 Å². The lowest BCUT2D eigenvalue weighted by molar-refractivity contribution is 0.0934. The van der Waals surface area contributed by atoms with E-state index in [1.807, 2.05) is 37.3 Å². The highest BCUT2D eigenvalue weighted by Gasteiger charge is 2.16. The minimum absolute atomic E-state index is 0.147. The van der Waals surface area contributed by atoms with Crippen LogP contribution in [0.2, 0.25) is 0 Å². The lowest BCUT2D eigenvalue weighted by atomic mass is 9.99. The third-order valence-corrected chi connectivity index (χ3v) is 4.40. The highest BCUT2D eigenvalue weighted by molar-refractivity contribution is 5.92. The molecule has 0 saturated heterocycles. The monoisotopic (exact) mass is 367 g/mol. The van der Waals surface area contributed by atoms with Crippen molar-refractivity contribution in [1.29, 1.82) is 0 Å².